The molecule has 1 aliphatic rings. The first-order valence-corrected chi connectivity index (χ1v) is 7.00. The molecule has 1 N–H and O–H groups in total. The van der Waals surface area contributed by atoms with Crippen LogP contribution in [0, 0.1) is 12.7 Å². The van der Waals surface area contributed by atoms with Gasteiger partial charge in [-0.3, -0.25) is 0 Å². The second-order valence-corrected chi connectivity index (χ2v) is 5.35. The van der Waals surface area contributed by atoms with Crippen molar-refractivity contribution >= 4 is 0 Å². The molecule has 106 valence electrons. The van der Waals surface area contributed by atoms with Gasteiger partial charge in [0.15, 0.2) is 0 Å². The molecule has 0 radical (unpaired) electrons. The Hall–Kier alpha value is -1.75. The summed E-state index contributed by atoms with van der Waals surface area (Å²) in [5.41, 5.74) is 1.40. The lowest BCUT2D eigenvalue weighted by Crippen LogP contribution is -2.36. The van der Waals surface area contributed by atoms with Crippen LogP contribution in [-0.2, 0) is 5.54 Å². The van der Waals surface area contributed by atoms with Crippen LogP contribution >= 0.6 is 0 Å². The van der Waals surface area contributed by atoms with Gasteiger partial charge in [-0.2, -0.15) is 4.98 Å². The lowest BCUT2D eigenvalue weighted by molar-refractivity contribution is 0.250. The van der Waals surface area contributed by atoms with E-state index in [0.29, 0.717) is 17.3 Å². The zero-order valence-electron chi connectivity index (χ0n) is 11.7. The highest BCUT2D eigenvalue weighted by atomic mass is 19.1. The summed E-state index contributed by atoms with van der Waals surface area (Å²) in [6, 6.07) is 4.61. The number of nitrogens with one attached hydrogen (secondary N) is 1. The molecule has 1 aromatic carbocycles. The minimum atomic E-state index is -0.291. The van der Waals surface area contributed by atoms with E-state index in [2.05, 4.69) is 22.4 Å². The first-order valence-electron chi connectivity index (χ1n) is 7.00. The van der Waals surface area contributed by atoms with Crippen molar-refractivity contribution in [3.05, 3.63) is 35.5 Å². The van der Waals surface area contributed by atoms with Gasteiger partial charge in [0.05, 0.1) is 5.54 Å². The van der Waals surface area contributed by atoms with Gasteiger partial charge in [-0.05, 0) is 50.4 Å². The lowest BCUT2D eigenvalue weighted by Gasteiger charge is -2.22. The molecule has 5 heteroatoms. The van der Waals surface area contributed by atoms with E-state index in [1.54, 1.807) is 6.07 Å². The van der Waals surface area contributed by atoms with Crippen molar-refractivity contribution in [1.29, 1.82) is 0 Å². The Morgan fingerprint density at radius 2 is 2.30 bits per heavy atom. The summed E-state index contributed by atoms with van der Waals surface area (Å²) in [7, 11) is 0. The van der Waals surface area contributed by atoms with Gasteiger partial charge in [0.25, 0.3) is 0 Å². The van der Waals surface area contributed by atoms with E-state index < -0.39 is 0 Å². The predicted molar refractivity (Wildman–Crippen MR) is 73.6 cm³/mol. The number of benzene rings is 1. The third-order valence-electron chi connectivity index (χ3n) is 4.12. The van der Waals surface area contributed by atoms with Crippen LogP contribution in [0.1, 0.15) is 37.6 Å². The number of aromatic nitrogens is 2. The van der Waals surface area contributed by atoms with Gasteiger partial charge in [-0.25, -0.2) is 4.39 Å². The van der Waals surface area contributed by atoms with Crippen LogP contribution in [0.15, 0.2) is 22.7 Å². The predicted octanol–water partition coefficient (Wildman–Crippen LogP) is 3.17. The Morgan fingerprint density at radius 1 is 1.45 bits per heavy atom. The summed E-state index contributed by atoms with van der Waals surface area (Å²) in [6.07, 6.45) is 2.99. The molecule has 1 saturated heterocycles. The van der Waals surface area contributed by atoms with E-state index in [1.807, 2.05) is 6.92 Å². The van der Waals surface area contributed by atoms with E-state index >= 15 is 0 Å². The molecule has 1 aliphatic heterocycles. The van der Waals surface area contributed by atoms with Crippen LogP contribution in [0.4, 0.5) is 4.39 Å². The van der Waals surface area contributed by atoms with Crippen LogP contribution in [-0.4, -0.2) is 16.7 Å². The SMILES string of the molecule is CCC1(c2nc(-c3cc(F)ccc3C)no2)CCCN1. The van der Waals surface area contributed by atoms with Crippen LogP contribution in [0.25, 0.3) is 11.4 Å². The topological polar surface area (TPSA) is 51.0 Å². The summed E-state index contributed by atoms with van der Waals surface area (Å²) in [4.78, 5) is 4.50. The Morgan fingerprint density at radius 3 is 3.00 bits per heavy atom. The third kappa shape index (κ3) is 2.12. The zero-order valence-corrected chi connectivity index (χ0v) is 11.7. The molecule has 1 atom stereocenters. The molecule has 2 heterocycles. The summed E-state index contributed by atoms with van der Waals surface area (Å²) >= 11 is 0. The fourth-order valence-electron chi connectivity index (χ4n) is 2.80. The summed E-state index contributed by atoms with van der Waals surface area (Å²) in [6.45, 7) is 4.98. The number of aryl methyl sites for hydroxylation is 1. The molecule has 1 aromatic heterocycles. The molecular formula is C15H18FN3O. The van der Waals surface area contributed by atoms with E-state index in [1.165, 1.54) is 12.1 Å². The Kier molecular flexibility index (Phi) is 3.30. The van der Waals surface area contributed by atoms with E-state index in [4.69, 9.17) is 4.52 Å². The van der Waals surface area contributed by atoms with E-state index in [0.717, 1.165) is 31.4 Å². The molecule has 0 amide bonds. The molecule has 0 aliphatic carbocycles. The molecule has 3 rings (SSSR count). The quantitative estimate of drug-likeness (QED) is 0.934. The van der Waals surface area contributed by atoms with Gasteiger partial charge >= 0.3 is 0 Å². The Balaban J connectivity index is 2.00. The maximum atomic E-state index is 13.4. The largest absolute Gasteiger partial charge is 0.337 e. The van der Waals surface area contributed by atoms with Crippen molar-refractivity contribution in [3.63, 3.8) is 0 Å². The molecule has 20 heavy (non-hydrogen) atoms. The second kappa shape index (κ2) is 4.98. The maximum Gasteiger partial charge on any atom is 0.247 e. The van der Waals surface area contributed by atoms with Crippen molar-refractivity contribution in [3.8, 4) is 11.4 Å². The van der Waals surface area contributed by atoms with Gasteiger partial charge < -0.3 is 9.84 Å². The van der Waals surface area contributed by atoms with E-state index in [9.17, 15) is 4.39 Å². The number of rotatable bonds is 3. The molecule has 0 saturated carbocycles. The van der Waals surface area contributed by atoms with Crippen LogP contribution < -0.4 is 5.32 Å². The van der Waals surface area contributed by atoms with Crippen molar-refractivity contribution in [2.75, 3.05) is 6.54 Å². The number of halogens is 1. The van der Waals surface area contributed by atoms with Gasteiger partial charge in [-0.1, -0.05) is 18.1 Å². The summed E-state index contributed by atoms with van der Waals surface area (Å²) in [5, 5.41) is 7.49. The fourth-order valence-corrected chi connectivity index (χ4v) is 2.80. The summed E-state index contributed by atoms with van der Waals surface area (Å²) in [5.74, 6) is 0.774. The highest BCUT2D eigenvalue weighted by molar-refractivity contribution is 5.59. The van der Waals surface area contributed by atoms with Crippen molar-refractivity contribution in [2.45, 2.75) is 38.6 Å². The first kappa shape index (κ1) is 13.2. The minimum Gasteiger partial charge on any atom is -0.337 e. The monoisotopic (exact) mass is 275 g/mol. The fraction of sp³-hybridized carbons (Fsp3) is 0.467. The third-order valence-corrected chi connectivity index (χ3v) is 4.12. The van der Waals surface area contributed by atoms with Crippen LogP contribution in [0.3, 0.4) is 0 Å². The van der Waals surface area contributed by atoms with Crippen molar-refractivity contribution in [1.82, 2.24) is 15.5 Å². The zero-order chi connectivity index (χ0) is 14.2. The standard InChI is InChI=1S/C15H18FN3O/c1-3-15(7-4-8-17-15)14-18-13(19-20-14)12-9-11(16)6-5-10(12)2/h5-6,9,17H,3-4,7-8H2,1-2H3. The van der Waals surface area contributed by atoms with Crippen molar-refractivity contribution in [2.24, 2.45) is 0 Å². The van der Waals surface area contributed by atoms with Crippen LogP contribution in [0.5, 0.6) is 0 Å². The summed E-state index contributed by atoms with van der Waals surface area (Å²) < 4.78 is 18.8. The highest BCUT2D eigenvalue weighted by Gasteiger charge is 2.39. The lowest BCUT2D eigenvalue weighted by atomic mass is 9.94. The molecule has 0 bridgehead atoms. The average molecular weight is 275 g/mol. The average Bonchev–Trinajstić information content (AvgIpc) is 3.10. The first-order chi connectivity index (χ1) is 9.64. The number of nitrogens with zero attached hydrogens (tertiary/aromatic N) is 2. The molecule has 1 unspecified atom stereocenters. The van der Waals surface area contributed by atoms with Gasteiger partial charge in [0.2, 0.25) is 11.7 Å². The van der Waals surface area contributed by atoms with Gasteiger partial charge in [-0.15, -0.1) is 0 Å². The molecule has 2 aromatic rings. The molecular weight excluding hydrogens is 257 g/mol. The van der Waals surface area contributed by atoms with Gasteiger partial charge in [0, 0.05) is 5.56 Å². The molecule has 0 spiro atoms. The molecule has 4 nitrogen and oxygen atoms in total. The van der Waals surface area contributed by atoms with Gasteiger partial charge in [0.1, 0.15) is 5.82 Å². The smallest absolute Gasteiger partial charge is 0.247 e. The maximum absolute atomic E-state index is 13.4. The minimum absolute atomic E-state index is 0.216. The Bertz CT molecular complexity index is 617. The van der Waals surface area contributed by atoms with Crippen molar-refractivity contribution < 1.29 is 8.91 Å². The number of hydrogen-bond donors (Lipinski definition) is 1. The second-order valence-electron chi connectivity index (χ2n) is 5.35. The van der Waals surface area contributed by atoms with Crippen LogP contribution in [0.2, 0.25) is 0 Å². The normalized spacial score (nSPS) is 22.4. The van der Waals surface area contributed by atoms with E-state index in [-0.39, 0.29) is 11.4 Å². The number of hydrogen-bond acceptors (Lipinski definition) is 4. The molecule has 1 fully saturated rings. The highest BCUT2D eigenvalue weighted by Crippen LogP contribution is 2.34. The Labute approximate surface area is 117 Å².